The Labute approximate surface area is 169 Å². The number of halogens is 2. The fourth-order valence-corrected chi connectivity index (χ4v) is 3.01. The van der Waals surface area contributed by atoms with Crippen molar-refractivity contribution >= 4 is 23.5 Å². The number of rotatable bonds is 8. The lowest BCUT2D eigenvalue weighted by Gasteiger charge is -2.15. The minimum atomic E-state index is -0.735. The molecule has 1 aromatic carbocycles. The molecule has 0 aliphatic carbocycles. The average molecular weight is 410 g/mol. The first kappa shape index (κ1) is 21.9. The van der Waals surface area contributed by atoms with Gasteiger partial charge in [0, 0.05) is 6.04 Å². The van der Waals surface area contributed by atoms with Crippen molar-refractivity contribution in [1.82, 2.24) is 15.1 Å². The summed E-state index contributed by atoms with van der Waals surface area (Å²) in [6, 6.07) is 5.53. The normalized spacial score (nSPS) is 12.1. The number of ether oxygens (including phenoxy) is 1. The molecule has 0 fully saturated rings. The smallest absolute Gasteiger partial charge is 0.343 e. The van der Waals surface area contributed by atoms with Crippen molar-refractivity contribution in [2.45, 2.75) is 46.6 Å². The molecule has 0 unspecified atom stereocenters. The summed E-state index contributed by atoms with van der Waals surface area (Å²) in [5.74, 6) is -0.942. The number of aromatic nitrogens is 2. The zero-order valence-electron chi connectivity index (χ0n) is 16.5. The number of aryl methyl sites for hydroxylation is 1. The van der Waals surface area contributed by atoms with Crippen LogP contribution in [-0.4, -0.2) is 34.3 Å². The summed E-state index contributed by atoms with van der Waals surface area (Å²) in [6.45, 7) is 7.36. The third-order valence-corrected chi connectivity index (χ3v) is 4.55. The molecule has 1 heterocycles. The third kappa shape index (κ3) is 5.79. The summed E-state index contributed by atoms with van der Waals surface area (Å²) in [6.07, 6.45) is 1.85. The largest absolute Gasteiger partial charge is 0.452 e. The van der Waals surface area contributed by atoms with Gasteiger partial charge >= 0.3 is 5.97 Å². The predicted octanol–water partition coefficient (Wildman–Crippen LogP) is 4.07. The van der Waals surface area contributed by atoms with E-state index in [2.05, 4.69) is 24.3 Å². The second-order valence-electron chi connectivity index (χ2n) is 7.16. The van der Waals surface area contributed by atoms with Crippen LogP contribution in [0.25, 0.3) is 5.69 Å². The van der Waals surface area contributed by atoms with Crippen LogP contribution in [0.3, 0.4) is 0 Å². The molecule has 0 aliphatic heterocycles. The zero-order valence-corrected chi connectivity index (χ0v) is 17.2. The number of esters is 1. The molecule has 0 bridgehead atoms. The van der Waals surface area contributed by atoms with Gasteiger partial charge < -0.3 is 10.1 Å². The van der Waals surface area contributed by atoms with Crippen LogP contribution in [0.1, 0.15) is 49.7 Å². The quantitative estimate of drug-likeness (QED) is 0.667. The number of hydrogen-bond donors (Lipinski definition) is 1. The molecule has 1 atom stereocenters. The lowest BCUT2D eigenvalue weighted by Crippen LogP contribution is -2.36. The van der Waals surface area contributed by atoms with Crippen LogP contribution in [-0.2, 0) is 9.53 Å². The Morgan fingerprint density at radius 2 is 1.86 bits per heavy atom. The van der Waals surface area contributed by atoms with Gasteiger partial charge in [-0.25, -0.2) is 13.9 Å². The molecule has 0 radical (unpaired) electrons. The van der Waals surface area contributed by atoms with E-state index in [1.54, 1.807) is 6.92 Å². The monoisotopic (exact) mass is 409 g/mol. The highest BCUT2D eigenvalue weighted by Gasteiger charge is 2.23. The van der Waals surface area contributed by atoms with Crippen LogP contribution in [0.15, 0.2) is 24.3 Å². The molecule has 1 N–H and O–H groups in total. The van der Waals surface area contributed by atoms with Crippen LogP contribution in [0, 0.1) is 18.7 Å². The summed E-state index contributed by atoms with van der Waals surface area (Å²) < 4.78 is 19.5. The lowest BCUT2D eigenvalue weighted by molar-refractivity contribution is -0.124. The molecule has 152 valence electrons. The summed E-state index contributed by atoms with van der Waals surface area (Å²) in [5, 5.41) is 7.05. The third-order valence-electron chi connectivity index (χ3n) is 4.20. The molecule has 6 nitrogen and oxygen atoms in total. The lowest BCUT2D eigenvalue weighted by atomic mass is 10.0. The van der Waals surface area contributed by atoms with Gasteiger partial charge in [-0.2, -0.15) is 5.10 Å². The van der Waals surface area contributed by atoms with Crippen molar-refractivity contribution in [3.05, 3.63) is 46.5 Å². The minimum Gasteiger partial charge on any atom is -0.452 e. The first-order valence-electron chi connectivity index (χ1n) is 9.16. The summed E-state index contributed by atoms with van der Waals surface area (Å²) in [5.41, 5.74) is 0.932. The van der Waals surface area contributed by atoms with E-state index in [-0.39, 0.29) is 22.7 Å². The highest BCUT2D eigenvalue weighted by atomic mass is 35.5. The number of nitrogens with zero attached hydrogens (tertiary/aromatic N) is 2. The Hall–Kier alpha value is -2.41. The van der Waals surface area contributed by atoms with Crippen molar-refractivity contribution in [2.75, 3.05) is 6.61 Å². The van der Waals surface area contributed by atoms with E-state index < -0.39 is 18.4 Å². The van der Waals surface area contributed by atoms with Crippen LogP contribution in [0.4, 0.5) is 4.39 Å². The molecule has 0 saturated heterocycles. The first-order valence-corrected chi connectivity index (χ1v) is 9.54. The van der Waals surface area contributed by atoms with Gasteiger partial charge in [-0.05, 0) is 56.9 Å². The van der Waals surface area contributed by atoms with Gasteiger partial charge in [0.25, 0.3) is 5.91 Å². The van der Waals surface area contributed by atoms with Crippen molar-refractivity contribution in [1.29, 1.82) is 0 Å². The molecule has 28 heavy (non-hydrogen) atoms. The molecule has 0 aliphatic rings. The second kappa shape index (κ2) is 9.68. The SMILES string of the molecule is Cc1nn(-c2ccc(F)cc2)c(Cl)c1C(=O)OCC(=O)N[C@@H](C)CCC(C)C. The minimum absolute atomic E-state index is 0.000141. The van der Waals surface area contributed by atoms with Crippen molar-refractivity contribution in [2.24, 2.45) is 5.92 Å². The van der Waals surface area contributed by atoms with Gasteiger partial charge in [0.15, 0.2) is 6.61 Å². The van der Waals surface area contributed by atoms with Crippen LogP contribution < -0.4 is 5.32 Å². The Morgan fingerprint density at radius 1 is 1.21 bits per heavy atom. The first-order chi connectivity index (χ1) is 13.2. The van der Waals surface area contributed by atoms with Crippen molar-refractivity contribution < 1.29 is 18.7 Å². The number of carbonyl (C=O) groups is 2. The van der Waals surface area contributed by atoms with Crippen molar-refractivity contribution in [3.63, 3.8) is 0 Å². The Kier molecular flexibility index (Phi) is 7.57. The Balaban J connectivity index is 1.99. The number of nitrogens with one attached hydrogen (secondary N) is 1. The molecule has 2 rings (SSSR count). The van der Waals surface area contributed by atoms with Crippen LogP contribution in [0.2, 0.25) is 5.15 Å². The molecule has 2 aromatic rings. The summed E-state index contributed by atoms with van der Waals surface area (Å²) >= 11 is 6.27. The van der Waals surface area contributed by atoms with E-state index in [4.69, 9.17) is 16.3 Å². The standard InChI is InChI=1S/C20H25ClFN3O3/c1-12(2)5-6-13(3)23-17(26)11-28-20(27)18-14(4)24-25(19(18)21)16-9-7-15(22)8-10-16/h7-10,12-13H,5-6,11H2,1-4H3,(H,23,26)/t13-/m0/s1. The summed E-state index contributed by atoms with van der Waals surface area (Å²) in [7, 11) is 0. The molecular formula is C20H25ClFN3O3. The highest BCUT2D eigenvalue weighted by molar-refractivity contribution is 6.33. The number of hydrogen-bond acceptors (Lipinski definition) is 4. The van der Waals surface area contributed by atoms with Gasteiger partial charge in [-0.15, -0.1) is 0 Å². The van der Waals surface area contributed by atoms with Gasteiger partial charge in [0.05, 0.1) is 11.4 Å². The van der Waals surface area contributed by atoms with E-state index in [1.165, 1.54) is 28.9 Å². The zero-order chi connectivity index (χ0) is 20.8. The number of amides is 1. The molecule has 0 saturated carbocycles. The molecule has 1 amide bonds. The number of benzene rings is 1. The Morgan fingerprint density at radius 3 is 2.46 bits per heavy atom. The fraction of sp³-hybridized carbons (Fsp3) is 0.450. The van der Waals surface area contributed by atoms with Gasteiger partial charge in [0.2, 0.25) is 0 Å². The summed E-state index contributed by atoms with van der Waals surface area (Å²) in [4.78, 5) is 24.4. The van der Waals surface area contributed by atoms with E-state index in [0.717, 1.165) is 12.8 Å². The maximum absolute atomic E-state index is 13.1. The van der Waals surface area contributed by atoms with E-state index in [9.17, 15) is 14.0 Å². The molecule has 8 heteroatoms. The van der Waals surface area contributed by atoms with Crippen LogP contribution >= 0.6 is 11.6 Å². The van der Waals surface area contributed by atoms with E-state index in [1.807, 2.05) is 6.92 Å². The highest BCUT2D eigenvalue weighted by Crippen LogP contribution is 2.24. The van der Waals surface area contributed by atoms with Gasteiger partial charge in [-0.3, -0.25) is 4.79 Å². The van der Waals surface area contributed by atoms with Crippen LogP contribution in [0.5, 0.6) is 0 Å². The predicted molar refractivity (Wildman–Crippen MR) is 105 cm³/mol. The van der Waals surface area contributed by atoms with Gasteiger partial charge in [-0.1, -0.05) is 25.4 Å². The topological polar surface area (TPSA) is 73.2 Å². The van der Waals surface area contributed by atoms with Crippen molar-refractivity contribution in [3.8, 4) is 5.69 Å². The molecule has 0 spiro atoms. The Bertz CT molecular complexity index is 834. The molecular weight excluding hydrogens is 385 g/mol. The second-order valence-corrected chi connectivity index (χ2v) is 7.51. The van der Waals surface area contributed by atoms with E-state index in [0.29, 0.717) is 17.3 Å². The van der Waals surface area contributed by atoms with E-state index >= 15 is 0 Å². The molecule has 1 aromatic heterocycles. The fourth-order valence-electron chi connectivity index (χ4n) is 2.66. The average Bonchev–Trinajstić information content (AvgIpc) is 2.93. The maximum Gasteiger partial charge on any atom is 0.343 e. The number of carbonyl (C=O) groups excluding carboxylic acids is 2. The maximum atomic E-state index is 13.1. The van der Waals surface area contributed by atoms with Gasteiger partial charge in [0.1, 0.15) is 16.5 Å².